The molecule has 0 aliphatic heterocycles. The van der Waals surface area contributed by atoms with E-state index in [4.69, 9.17) is 10.3 Å². The van der Waals surface area contributed by atoms with Gasteiger partial charge in [-0.15, -0.1) is 0 Å². The molecule has 0 fully saturated rings. The zero-order valence-corrected chi connectivity index (χ0v) is 8.40. The molecule has 0 aromatic rings. The Morgan fingerprint density at radius 3 is 3.00 bits per heavy atom. The summed E-state index contributed by atoms with van der Waals surface area (Å²) >= 11 is 0. The lowest BCUT2D eigenvalue weighted by Gasteiger charge is -2.02. The summed E-state index contributed by atoms with van der Waals surface area (Å²) in [4.78, 5) is 13.7. The SMILES string of the molecule is COCCCC(=O)NCCCN=[N+]=[N-]. The first-order valence-electron chi connectivity index (χ1n) is 4.57. The van der Waals surface area contributed by atoms with Crippen LogP contribution in [0.1, 0.15) is 19.3 Å². The molecule has 6 heteroatoms. The summed E-state index contributed by atoms with van der Waals surface area (Å²) in [6, 6.07) is 0. The number of hydrogen-bond donors (Lipinski definition) is 1. The van der Waals surface area contributed by atoms with Gasteiger partial charge in [0.25, 0.3) is 0 Å². The van der Waals surface area contributed by atoms with Gasteiger partial charge in [0.05, 0.1) is 0 Å². The van der Waals surface area contributed by atoms with E-state index in [1.165, 1.54) is 0 Å². The first-order valence-corrected chi connectivity index (χ1v) is 4.57. The van der Waals surface area contributed by atoms with Gasteiger partial charge in [0, 0.05) is 38.1 Å². The molecule has 0 aromatic carbocycles. The maximum Gasteiger partial charge on any atom is 0.220 e. The lowest BCUT2D eigenvalue weighted by atomic mass is 10.3. The highest BCUT2D eigenvalue weighted by Gasteiger charge is 1.98. The summed E-state index contributed by atoms with van der Waals surface area (Å²) in [5.74, 6) is 0.0167. The van der Waals surface area contributed by atoms with Crippen molar-refractivity contribution in [2.75, 3.05) is 26.8 Å². The molecule has 0 unspecified atom stereocenters. The predicted octanol–water partition coefficient (Wildman–Crippen LogP) is 1.23. The Kier molecular flexibility index (Phi) is 8.94. The predicted molar refractivity (Wildman–Crippen MR) is 52.7 cm³/mol. The molecule has 14 heavy (non-hydrogen) atoms. The number of rotatable bonds is 8. The second kappa shape index (κ2) is 9.83. The van der Waals surface area contributed by atoms with Crippen LogP contribution in [0.25, 0.3) is 10.4 Å². The summed E-state index contributed by atoms with van der Waals surface area (Å²) in [6.45, 7) is 1.59. The van der Waals surface area contributed by atoms with Crippen LogP contribution in [0.2, 0.25) is 0 Å². The second-order valence-corrected chi connectivity index (χ2v) is 2.75. The van der Waals surface area contributed by atoms with Gasteiger partial charge in [0.15, 0.2) is 0 Å². The van der Waals surface area contributed by atoms with Crippen LogP contribution in [0.4, 0.5) is 0 Å². The van der Waals surface area contributed by atoms with E-state index in [0.717, 1.165) is 6.42 Å². The van der Waals surface area contributed by atoms with Gasteiger partial charge < -0.3 is 10.1 Å². The van der Waals surface area contributed by atoms with Crippen LogP contribution >= 0.6 is 0 Å². The van der Waals surface area contributed by atoms with E-state index >= 15 is 0 Å². The summed E-state index contributed by atoms with van der Waals surface area (Å²) in [5.41, 5.74) is 7.98. The third kappa shape index (κ3) is 8.83. The molecule has 0 bridgehead atoms. The Labute approximate surface area is 83.3 Å². The molecule has 6 nitrogen and oxygen atoms in total. The molecular weight excluding hydrogens is 184 g/mol. The minimum Gasteiger partial charge on any atom is -0.385 e. The quantitative estimate of drug-likeness (QED) is 0.276. The van der Waals surface area contributed by atoms with Crippen LogP contribution in [0, 0.1) is 0 Å². The summed E-state index contributed by atoms with van der Waals surface area (Å²) in [7, 11) is 1.61. The molecule has 0 spiro atoms. The largest absolute Gasteiger partial charge is 0.385 e. The molecule has 0 heterocycles. The highest BCUT2D eigenvalue weighted by molar-refractivity contribution is 5.75. The van der Waals surface area contributed by atoms with Crippen LogP contribution in [0.3, 0.4) is 0 Å². The van der Waals surface area contributed by atoms with Crippen molar-refractivity contribution in [2.45, 2.75) is 19.3 Å². The number of ether oxygens (including phenoxy) is 1. The Morgan fingerprint density at radius 2 is 2.36 bits per heavy atom. The molecule has 0 radical (unpaired) electrons. The van der Waals surface area contributed by atoms with E-state index in [0.29, 0.717) is 32.5 Å². The average Bonchev–Trinajstić information content (AvgIpc) is 2.18. The zero-order valence-electron chi connectivity index (χ0n) is 8.40. The lowest BCUT2D eigenvalue weighted by molar-refractivity contribution is -0.121. The highest BCUT2D eigenvalue weighted by Crippen LogP contribution is 1.89. The number of carbonyl (C=O) groups excluding carboxylic acids is 1. The van der Waals surface area contributed by atoms with Crippen LogP contribution in [-0.2, 0) is 9.53 Å². The van der Waals surface area contributed by atoms with Crippen molar-refractivity contribution in [2.24, 2.45) is 5.11 Å². The minimum atomic E-state index is 0.0167. The number of azide groups is 1. The zero-order chi connectivity index (χ0) is 10.6. The monoisotopic (exact) mass is 200 g/mol. The minimum absolute atomic E-state index is 0.0167. The topological polar surface area (TPSA) is 87.1 Å². The van der Waals surface area contributed by atoms with Gasteiger partial charge in [-0.3, -0.25) is 4.79 Å². The molecule has 80 valence electrons. The molecule has 1 N–H and O–H groups in total. The average molecular weight is 200 g/mol. The smallest absolute Gasteiger partial charge is 0.220 e. The van der Waals surface area contributed by atoms with E-state index in [-0.39, 0.29) is 5.91 Å². The lowest BCUT2D eigenvalue weighted by Crippen LogP contribution is -2.24. The molecule has 1 amide bonds. The molecule has 0 atom stereocenters. The number of hydrogen-bond acceptors (Lipinski definition) is 3. The molecule has 0 aromatic heterocycles. The molecule has 0 saturated carbocycles. The van der Waals surface area contributed by atoms with Crippen LogP contribution < -0.4 is 5.32 Å². The number of nitrogens with zero attached hydrogens (tertiary/aromatic N) is 3. The fraction of sp³-hybridized carbons (Fsp3) is 0.875. The molecular formula is C8H16N4O2. The molecule has 0 aliphatic carbocycles. The van der Waals surface area contributed by atoms with E-state index in [1.807, 2.05) is 0 Å². The first kappa shape index (κ1) is 12.7. The van der Waals surface area contributed by atoms with Gasteiger partial charge >= 0.3 is 0 Å². The Bertz CT molecular complexity index is 202. The van der Waals surface area contributed by atoms with Crippen molar-refractivity contribution < 1.29 is 9.53 Å². The number of methoxy groups -OCH3 is 1. The van der Waals surface area contributed by atoms with Gasteiger partial charge in [0.2, 0.25) is 5.91 Å². The van der Waals surface area contributed by atoms with Gasteiger partial charge in [-0.1, -0.05) is 5.11 Å². The Hall–Kier alpha value is -1.26. The van der Waals surface area contributed by atoms with Crippen LogP contribution in [-0.4, -0.2) is 32.7 Å². The van der Waals surface area contributed by atoms with Gasteiger partial charge in [-0.2, -0.15) is 0 Å². The normalized spacial score (nSPS) is 9.21. The molecule has 0 saturated heterocycles. The van der Waals surface area contributed by atoms with Crippen LogP contribution in [0.15, 0.2) is 5.11 Å². The molecule has 0 aliphatic rings. The van der Waals surface area contributed by atoms with Gasteiger partial charge in [0.1, 0.15) is 0 Å². The van der Waals surface area contributed by atoms with Crippen molar-refractivity contribution in [3.05, 3.63) is 10.4 Å². The van der Waals surface area contributed by atoms with Crippen LogP contribution in [0.5, 0.6) is 0 Å². The third-order valence-corrected chi connectivity index (χ3v) is 1.57. The van der Waals surface area contributed by atoms with Crippen molar-refractivity contribution in [1.29, 1.82) is 0 Å². The second-order valence-electron chi connectivity index (χ2n) is 2.75. The number of amides is 1. The van der Waals surface area contributed by atoms with Crippen molar-refractivity contribution in [3.8, 4) is 0 Å². The molecule has 0 rings (SSSR count). The van der Waals surface area contributed by atoms with Gasteiger partial charge in [-0.05, 0) is 18.4 Å². The van der Waals surface area contributed by atoms with Crippen molar-refractivity contribution >= 4 is 5.91 Å². The standard InChI is InChI=1S/C8H16N4O2/c1-14-7-2-4-8(13)10-5-3-6-11-12-9/h2-7H2,1H3,(H,10,13). The fourth-order valence-corrected chi connectivity index (χ4v) is 0.888. The highest BCUT2D eigenvalue weighted by atomic mass is 16.5. The van der Waals surface area contributed by atoms with E-state index in [1.54, 1.807) is 7.11 Å². The number of carbonyl (C=O) groups is 1. The summed E-state index contributed by atoms with van der Waals surface area (Å²) in [6.07, 6.45) is 1.90. The Morgan fingerprint density at radius 1 is 1.57 bits per heavy atom. The van der Waals surface area contributed by atoms with Crippen molar-refractivity contribution in [1.82, 2.24) is 5.32 Å². The maximum atomic E-state index is 11.1. The summed E-state index contributed by atoms with van der Waals surface area (Å²) < 4.78 is 4.81. The Balaban J connectivity index is 3.22. The third-order valence-electron chi connectivity index (χ3n) is 1.57. The maximum absolute atomic E-state index is 11.1. The van der Waals surface area contributed by atoms with Crippen molar-refractivity contribution in [3.63, 3.8) is 0 Å². The fourth-order valence-electron chi connectivity index (χ4n) is 0.888. The first-order chi connectivity index (χ1) is 6.81. The van der Waals surface area contributed by atoms with E-state index in [2.05, 4.69) is 15.3 Å². The van der Waals surface area contributed by atoms with Gasteiger partial charge in [-0.25, -0.2) is 0 Å². The number of nitrogens with one attached hydrogen (secondary N) is 1. The van der Waals surface area contributed by atoms with E-state index in [9.17, 15) is 4.79 Å². The summed E-state index contributed by atoms with van der Waals surface area (Å²) in [5, 5.41) is 6.08. The van der Waals surface area contributed by atoms with E-state index < -0.39 is 0 Å².